The van der Waals surface area contributed by atoms with E-state index in [1.807, 2.05) is 39.0 Å². The molecule has 0 N–H and O–H groups in total. The Morgan fingerprint density at radius 1 is 1.04 bits per heavy atom. The summed E-state index contributed by atoms with van der Waals surface area (Å²) in [6, 6.07) is 10.2. The Labute approximate surface area is 160 Å². The summed E-state index contributed by atoms with van der Waals surface area (Å²) in [4.78, 5) is 0.669. The second kappa shape index (κ2) is 8.79. The van der Waals surface area contributed by atoms with Crippen LogP contribution in [0.3, 0.4) is 0 Å². The minimum absolute atomic E-state index is 0.215. The average Bonchev–Trinajstić information content (AvgIpc) is 2.45. The van der Waals surface area contributed by atoms with Crippen molar-refractivity contribution in [1.29, 1.82) is 0 Å². The van der Waals surface area contributed by atoms with Crippen molar-refractivity contribution in [3.05, 3.63) is 30.3 Å². The van der Waals surface area contributed by atoms with Crippen LogP contribution in [-0.4, -0.2) is 26.6 Å². The van der Waals surface area contributed by atoms with Crippen LogP contribution in [0, 0.1) is 0 Å². The fourth-order valence-corrected chi connectivity index (χ4v) is 5.16. The fraction of sp³-hybridized carbons (Fsp3) is 0.611. The van der Waals surface area contributed by atoms with Crippen LogP contribution in [0.4, 0.5) is 0 Å². The molecule has 0 saturated carbocycles. The molecule has 24 heavy (non-hydrogen) atoms. The lowest BCUT2D eigenvalue weighted by Gasteiger charge is -2.33. The van der Waals surface area contributed by atoms with Gasteiger partial charge in [-0.3, -0.25) is 0 Å². The summed E-state index contributed by atoms with van der Waals surface area (Å²) >= 11 is 8.77. The Bertz CT molecular complexity index is 567. The van der Waals surface area contributed by atoms with Crippen LogP contribution in [-0.2, 0) is 4.74 Å². The first-order chi connectivity index (χ1) is 10.9. The molecule has 0 aliphatic heterocycles. The number of benzene rings is 1. The van der Waals surface area contributed by atoms with Crippen LogP contribution in [0.5, 0.6) is 0 Å². The van der Waals surface area contributed by atoms with E-state index in [4.69, 9.17) is 17.0 Å². The summed E-state index contributed by atoms with van der Waals surface area (Å²) in [6.45, 7) is 12.3. The van der Waals surface area contributed by atoms with Gasteiger partial charge in [-0.05, 0) is 53.7 Å². The first-order valence-electron chi connectivity index (χ1n) is 7.90. The van der Waals surface area contributed by atoms with Gasteiger partial charge in [-0.1, -0.05) is 53.9 Å². The summed E-state index contributed by atoms with van der Waals surface area (Å²) in [5.74, 6) is 0. The summed E-state index contributed by atoms with van der Waals surface area (Å²) < 4.78 is 6.44. The smallest absolute Gasteiger partial charge is 0.132 e. The van der Waals surface area contributed by atoms with Gasteiger partial charge in [0.25, 0.3) is 0 Å². The lowest BCUT2D eigenvalue weighted by atomic mass is 10.00. The van der Waals surface area contributed by atoms with Gasteiger partial charge in [-0.25, -0.2) is 0 Å². The normalized spacial score (nSPS) is 15.5. The summed E-state index contributed by atoms with van der Waals surface area (Å²) in [5.41, 5.74) is -0.515. The number of rotatable bonds is 6. The maximum atomic E-state index is 5.60. The van der Waals surface area contributed by atoms with Crippen molar-refractivity contribution in [3.8, 4) is 0 Å². The number of thiocarbonyl (C=S) groups is 1. The summed E-state index contributed by atoms with van der Waals surface area (Å²) in [7, 11) is 1.73. The highest BCUT2D eigenvalue weighted by molar-refractivity contribution is 8.47. The van der Waals surface area contributed by atoms with Crippen molar-refractivity contribution < 1.29 is 4.74 Å². The third-order valence-corrected chi connectivity index (χ3v) is 5.62. The largest absolute Gasteiger partial charge is 0.379 e. The molecule has 0 radical (unpaired) electrons. The molecule has 0 amide bonds. The highest BCUT2D eigenvalue weighted by Gasteiger charge is 2.35. The van der Waals surface area contributed by atoms with E-state index >= 15 is 0 Å². The molecule has 134 valence electrons. The lowest BCUT2D eigenvalue weighted by molar-refractivity contribution is 0.00808. The van der Waals surface area contributed by atoms with Crippen LogP contribution in [0.1, 0.15) is 48.0 Å². The first-order valence-corrected chi connectivity index (χ1v) is 9.94. The van der Waals surface area contributed by atoms with E-state index in [-0.39, 0.29) is 11.1 Å². The minimum Gasteiger partial charge on any atom is -0.379 e. The van der Waals surface area contributed by atoms with Gasteiger partial charge < -0.3 is 4.74 Å². The Morgan fingerprint density at radius 3 is 2.12 bits per heavy atom. The van der Waals surface area contributed by atoms with Crippen LogP contribution < -0.4 is 0 Å². The Kier molecular flexibility index (Phi) is 7.91. The summed E-state index contributed by atoms with van der Waals surface area (Å²) in [6.07, 6.45) is 0.718. The van der Waals surface area contributed by atoms with E-state index < -0.39 is 4.87 Å². The standard InChI is InChI=1S/C18H28N2OS3/c1-16(2,3)19-20-18(6,13-17(4,5)21-7)24-15(22)23-14-11-9-8-10-12-14/h8-12H,13H2,1-7H3. The monoisotopic (exact) mass is 384 g/mol. The number of thioether (sulfide) groups is 2. The zero-order valence-corrected chi connectivity index (χ0v) is 18.1. The van der Waals surface area contributed by atoms with Gasteiger partial charge in [0.05, 0.1) is 11.1 Å². The fourth-order valence-electron chi connectivity index (χ4n) is 1.99. The highest BCUT2D eigenvalue weighted by Crippen LogP contribution is 2.41. The van der Waals surface area contributed by atoms with Gasteiger partial charge in [0.2, 0.25) is 0 Å². The molecule has 0 aliphatic rings. The third-order valence-electron chi connectivity index (χ3n) is 3.12. The minimum atomic E-state index is -0.467. The van der Waals surface area contributed by atoms with Crippen molar-refractivity contribution in [2.45, 2.75) is 68.9 Å². The Balaban J connectivity index is 2.92. The summed E-state index contributed by atoms with van der Waals surface area (Å²) in [5, 5.41) is 9.14. The second-order valence-electron chi connectivity index (χ2n) is 7.45. The quantitative estimate of drug-likeness (QED) is 0.315. The Morgan fingerprint density at radius 2 is 1.62 bits per heavy atom. The number of ether oxygens (including phenoxy) is 1. The molecular formula is C18H28N2OS3. The lowest BCUT2D eigenvalue weighted by Crippen LogP contribution is -2.34. The van der Waals surface area contributed by atoms with Gasteiger partial charge in [0.15, 0.2) is 0 Å². The maximum Gasteiger partial charge on any atom is 0.132 e. The van der Waals surface area contributed by atoms with Crippen molar-refractivity contribution >= 4 is 39.3 Å². The van der Waals surface area contributed by atoms with E-state index in [2.05, 4.69) is 43.1 Å². The van der Waals surface area contributed by atoms with Crippen molar-refractivity contribution in [1.82, 2.24) is 0 Å². The Hall–Kier alpha value is -0.430. The van der Waals surface area contributed by atoms with E-state index in [1.165, 1.54) is 0 Å². The average molecular weight is 385 g/mol. The van der Waals surface area contributed by atoms with Crippen molar-refractivity contribution in [3.63, 3.8) is 0 Å². The molecule has 3 nitrogen and oxygen atoms in total. The van der Waals surface area contributed by atoms with Crippen LogP contribution in [0.15, 0.2) is 45.5 Å². The van der Waals surface area contributed by atoms with Gasteiger partial charge in [-0.15, -0.1) is 0 Å². The van der Waals surface area contributed by atoms with Gasteiger partial charge in [0.1, 0.15) is 8.40 Å². The van der Waals surface area contributed by atoms with E-state index in [0.717, 1.165) is 14.8 Å². The molecule has 6 heteroatoms. The molecule has 0 saturated heterocycles. The molecule has 0 aliphatic carbocycles. The molecular weight excluding hydrogens is 356 g/mol. The first kappa shape index (κ1) is 21.6. The predicted octanol–water partition coefficient (Wildman–Crippen LogP) is 6.58. The zero-order chi connectivity index (χ0) is 18.4. The topological polar surface area (TPSA) is 34.0 Å². The molecule has 1 atom stereocenters. The van der Waals surface area contributed by atoms with E-state index in [0.29, 0.717) is 0 Å². The number of hydrogen-bond donors (Lipinski definition) is 0. The second-order valence-corrected chi connectivity index (χ2v) is 11.2. The molecule has 0 aromatic heterocycles. The van der Waals surface area contributed by atoms with Gasteiger partial charge in [0, 0.05) is 18.4 Å². The molecule has 0 fully saturated rings. The van der Waals surface area contributed by atoms with Crippen LogP contribution in [0.25, 0.3) is 0 Å². The van der Waals surface area contributed by atoms with Gasteiger partial charge in [-0.2, -0.15) is 10.2 Å². The van der Waals surface area contributed by atoms with E-state index in [9.17, 15) is 0 Å². The molecule has 0 spiro atoms. The van der Waals surface area contributed by atoms with Crippen molar-refractivity contribution in [2.24, 2.45) is 10.2 Å². The zero-order valence-electron chi connectivity index (χ0n) is 15.6. The maximum absolute atomic E-state index is 5.60. The molecule has 1 rings (SSSR count). The molecule has 0 bridgehead atoms. The van der Waals surface area contributed by atoms with Crippen molar-refractivity contribution in [2.75, 3.05) is 7.11 Å². The molecule has 1 aromatic rings. The predicted molar refractivity (Wildman–Crippen MR) is 111 cm³/mol. The van der Waals surface area contributed by atoms with Crippen LogP contribution in [0.2, 0.25) is 0 Å². The molecule has 0 heterocycles. The highest BCUT2D eigenvalue weighted by atomic mass is 32.2. The number of nitrogens with zero attached hydrogens (tertiary/aromatic N) is 2. The van der Waals surface area contributed by atoms with Gasteiger partial charge >= 0.3 is 0 Å². The third kappa shape index (κ3) is 8.60. The number of azo groups is 1. The number of methoxy groups -OCH3 is 1. The van der Waals surface area contributed by atoms with E-state index in [1.54, 1.807) is 30.6 Å². The molecule has 1 unspecified atom stereocenters. The molecule has 1 aromatic carbocycles. The SMILES string of the molecule is COC(C)(C)CC(C)(N=NC(C)(C)C)SC(=S)Sc1ccccc1. The van der Waals surface area contributed by atoms with Crippen LogP contribution >= 0.6 is 35.7 Å². The number of hydrogen-bond acceptors (Lipinski definition) is 6.